The van der Waals surface area contributed by atoms with Gasteiger partial charge < -0.3 is 9.64 Å². The van der Waals surface area contributed by atoms with E-state index in [-0.39, 0.29) is 21.5 Å². The number of amides is 1. The summed E-state index contributed by atoms with van der Waals surface area (Å²) in [6, 6.07) is 8.92. The zero-order chi connectivity index (χ0) is 21.6. The van der Waals surface area contributed by atoms with Crippen molar-refractivity contribution in [3.05, 3.63) is 53.2 Å². The molecule has 30 heavy (non-hydrogen) atoms. The normalized spacial score (nSPS) is 16.2. The van der Waals surface area contributed by atoms with Gasteiger partial charge in [0.25, 0.3) is 15.9 Å². The minimum Gasteiger partial charge on any atom is -0.479 e. The van der Waals surface area contributed by atoms with Crippen molar-refractivity contribution in [3.8, 4) is 17.0 Å². The van der Waals surface area contributed by atoms with Crippen molar-refractivity contribution in [2.45, 2.75) is 24.8 Å². The maximum atomic E-state index is 13.4. The van der Waals surface area contributed by atoms with Gasteiger partial charge in [0.05, 0.1) is 16.3 Å². The minimum atomic E-state index is -3.90. The van der Waals surface area contributed by atoms with Gasteiger partial charge in [-0.25, -0.2) is 17.8 Å². The quantitative estimate of drug-likeness (QED) is 0.657. The van der Waals surface area contributed by atoms with Crippen LogP contribution in [0.15, 0.2) is 46.7 Å². The molecule has 0 fully saturated rings. The number of ether oxygens (including phenoxy) is 1. The highest BCUT2D eigenvalue weighted by Gasteiger charge is 2.29. The first-order chi connectivity index (χ1) is 14.2. The molecule has 1 atom stereocenters. The molecule has 10 heteroatoms. The lowest BCUT2D eigenvalue weighted by atomic mass is 10.1. The fourth-order valence-corrected chi connectivity index (χ4v) is 5.14. The maximum Gasteiger partial charge on any atom is 0.267 e. The first kappa shape index (κ1) is 20.3. The molecule has 0 saturated carbocycles. The van der Waals surface area contributed by atoms with Crippen LogP contribution in [0.1, 0.15) is 12.5 Å². The number of fused-ring (bicyclic) bond motifs is 1. The maximum absolute atomic E-state index is 13.4. The lowest BCUT2D eigenvalue weighted by Gasteiger charge is -2.30. The molecule has 1 aromatic heterocycles. The van der Waals surface area contributed by atoms with E-state index in [1.165, 1.54) is 24.0 Å². The second-order valence-corrected chi connectivity index (χ2v) is 9.43. The number of carbonyl (C=O) groups excluding carboxylic acids is 1. The number of carbonyl (C=O) groups is 1. The Labute approximate surface area is 177 Å². The Morgan fingerprint density at radius 3 is 2.73 bits per heavy atom. The lowest BCUT2D eigenvalue weighted by molar-refractivity contribution is -0.125. The summed E-state index contributed by atoms with van der Waals surface area (Å²) >= 11 is 1.13. The van der Waals surface area contributed by atoms with E-state index in [0.29, 0.717) is 22.7 Å². The van der Waals surface area contributed by atoms with Crippen LogP contribution >= 0.6 is 11.3 Å². The number of likely N-dealkylation sites (N-methyl/N-ethyl adjacent to an activating group) is 1. The Hall–Kier alpha value is -2.98. The molecule has 4 rings (SSSR count). The largest absolute Gasteiger partial charge is 0.479 e. The number of halogens is 1. The summed E-state index contributed by atoms with van der Waals surface area (Å²) in [5.74, 6) is -0.0307. The average Bonchev–Trinajstić information content (AvgIpc) is 3.16. The number of rotatable bonds is 4. The van der Waals surface area contributed by atoms with Crippen LogP contribution in [0.3, 0.4) is 0 Å². The molecular formula is C20H18FN3O4S2. The van der Waals surface area contributed by atoms with Crippen molar-refractivity contribution >= 4 is 38.1 Å². The zero-order valence-electron chi connectivity index (χ0n) is 16.3. The van der Waals surface area contributed by atoms with E-state index in [1.54, 1.807) is 37.6 Å². The number of thiazole rings is 1. The fraction of sp³-hybridized carbons (Fsp3) is 0.200. The fourth-order valence-electron chi connectivity index (χ4n) is 3.08. The predicted molar refractivity (Wildman–Crippen MR) is 113 cm³/mol. The number of nitrogens with one attached hydrogen (secondary N) is 1. The smallest absolute Gasteiger partial charge is 0.267 e. The Morgan fingerprint density at radius 2 is 2.00 bits per heavy atom. The zero-order valence-corrected chi connectivity index (χ0v) is 18.0. The molecule has 2 heterocycles. The van der Waals surface area contributed by atoms with Gasteiger partial charge in [0.15, 0.2) is 11.2 Å². The molecule has 0 aliphatic carbocycles. The van der Waals surface area contributed by atoms with E-state index in [1.807, 2.05) is 0 Å². The van der Waals surface area contributed by atoms with Crippen LogP contribution < -0.4 is 14.4 Å². The number of hydrogen-bond acceptors (Lipinski definition) is 6. The summed E-state index contributed by atoms with van der Waals surface area (Å²) in [5, 5.41) is 1.89. The Morgan fingerprint density at radius 1 is 1.23 bits per heavy atom. The van der Waals surface area contributed by atoms with Crippen LogP contribution in [-0.4, -0.2) is 32.5 Å². The number of benzene rings is 2. The Balaban J connectivity index is 1.60. The molecule has 1 aliphatic heterocycles. The average molecular weight is 448 g/mol. The number of aryl methyl sites for hydroxylation is 1. The van der Waals surface area contributed by atoms with Crippen LogP contribution in [0.4, 0.5) is 15.2 Å². The van der Waals surface area contributed by atoms with Gasteiger partial charge in [0.2, 0.25) is 0 Å². The van der Waals surface area contributed by atoms with Crippen LogP contribution in [0.5, 0.6) is 5.75 Å². The van der Waals surface area contributed by atoms with Gasteiger partial charge in [-0.05, 0) is 55.8 Å². The third-order valence-corrected chi connectivity index (χ3v) is 6.99. The lowest BCUT2D eigenvalue weighted by Crippen LogP contribution is -2.41. The van der Waals surface area contributed by atoms with E-state index in [9.17, 15) is 17.6 Å². The first-order valence-corrected chi connectivity index (χ1v) is 11.3. The van der Waals surface area contributed by atoms with Gasteiger partial charge in [-0.15, -0.1) is 11.3 Å². The van der Waals surface area contributed by atoms with Crippen molar-refractivity contribution in [1.29, 1.82) is 0 Å². The molecule has 3 aromatic rings. The van der Waals surface area contributed by atoms with E-state index < -0.39 is 21.9 Å². The molecule has 0 radical (unpaired) electrons. The van der Waals surface area contributed by atoms with Crippen LogP contribution in [0.25, 0.3) is 11.3 Å². The molecule has 0 spiro atoms. The summed E-state index contributed by atoms with van der Waals surface area (Å²) in [4.78, 5) is 18.0. The van der Waals surface area contributed by atoms with Gasteiger partial charge in [-0.2, -0.15) is 0 Å². The summed E-state index contributed by atoms with van der Waals surface area (Å²) in [5.41, 5.74) is 2.12. The van der Waals surface area contributed by atoms with E-state index >= 15 is 0 Å². The van der Waals surface area contributed by atoms with Crippen LogP contribution in [-0.2, 0) is 14.8 Å². The Kier molecular flexibility index (Phi) is 4.99. The molecule has 0 saturated heterocycles. The second-order valence-electron chi connectivity index (χ2n) is 6.89. The Bertz CT molecular complexity index is 1260. The SMILES string of the molecule is Cc1cc(S(=O)(=O)Nc2nc(-c3ccc4c(c3)N(C)C(=O)C(C)O4)cs2)ccc1F. The van der Waals surface area contributed by atoms with Gasteiger partial charge in [-0.1, -0.05) is 0 Å². The summed E-state index contributed by atoms with van der Waals surface area (Å²) in [6.07, 6.45) is -0.552. The van der Waals surface area contributed by atoms with Gasteiger partial charge in [0.1, 0.15) is 11.6 Å². The number of anilines is 2. The number of hydrogen-bond donors (Lipinski definition) is 1. The third-order valence-electron chi connectivity index (χ3n) is 4.76. The highest BCUT2D eigenvalue weighted by molar-refractivity contribution is 7.93. The molecule has 7 nitrogen and oxygen atoms in total. The summed E-state index contributed by atoms with van der Waals surface area (Å²) < 4.78 is 46.6. The third kappa shape index (κ3) is 3.63. The second kappa shape index (κ2) is 7.37. The van der Waals surface area contributed by atoms with Crippen molar-refractivity contribution < 1.29 is 22.3 Å². The topological polar surface area (TPSA) is 88.6 Å². The highest BCUT2D eigenvalue weighted by atomic mass is 32.2. The van der Waals surface area contributed by atoms with E-state index in [0.717, 1.165) is 17.4 Å². The van der Waals surface area contributed by atoms with Crippen molar-refractivity contribution in [2.75, 3.05) is 16.7 Å². The van der Waals surface area contributed by atoms with Crippen molar-refractivity contribution in [2.24, 2.45) is 0 Å². The summed E-state index contributed by atoms with van der Waals surface area (Å²) in [7, 11) is -2.22. The van der Waals surface area contributed by atoms with E-state index in [4.69, 9.17) is 4.74 Å². The van der Waals surface area contributed by atoms with Crippen LogP contribution in [0.2, 0.25) is 0 Å². The molecule has 156 valence electrons. The van der Waals surface area contributed by atoms with Gasteiger partial charge in [0, 0.05) is 18.0 Å². The summed E-state index contributed by atoms with van der Waals surface area (Å²) in [6.45, 7) is 3.19. The first-order valence-electron chi connectivity index (χ1n) is 8.99. The molecule has 1 unspecified atom stereocenters. The monoisotopic (exact) mass is 447 g/mol. The molecular weight excluding hydrogens is 429 g/mol. The van der Waals surface area contributed by atoms with Crippen molar-refractivity contribution in [3.63, 3.8) is 0 Å². The predicted octanol–water partition coefficient (Wildman–Crippen LogP) is 3.80. The number of sulfonamides is 1. The van der Waals surface area contributed by atoms with Crippen molar-refractivity contribution in [1.82, 2.24) is 4.98 Å². The molecule has 1 aliphatic rings. The molecule has 0 bridgehead atoms. The molecule has 1 N–H and O–H groups in total. The standard InChI is InChI=1S/C20H18FN3O4S2/c1-11-8-14(5-6-15(11)21)30(26,27)23-20-22-16(10-29-20)13-4-7-18-17(9-13)24(3)19(25)12(2)28-18/h4-10,12H,1-3H3,(H,22,23). The minimum absolute atomic E-state index is 0.0432. The van der Waals surface area contributed by atoms with Gasteiger partial charge in [-0.3, -0.25) is 9.52 Å². The number of aromatic nitrogens is 1. The highest BCUT2D eigenvalue weighted by Crippen LogP contribution is 2.37. The molecule has 1 amide bonds. The molecule has 2 aromatic carbocycles. The number of nitrogens with zero attached hydrogens (tertiary/aromatic N) is 2. The van der Waals surface area contributed by atoms with Gasteiger partial charge >= 0.3 is 0 Å². The van der Waals surface area contributed by atoms with Crippen LogP contribution in [0, 0.1) is 12.7 Å². The van der Waals surface area contributed by atoms with E-state index in [2.05, 4.69) is 9.71 Å².